The number of hydrogen-bond donors (Lipinski definition) is 0. The molecule has 0 aromatic heterocycles. The summed E-state index contributed by atoms with van der Waals surface area (Å²) in [6.45, 7) is 7.86. The zero-order valence-electron chi connectivity index (χ0n) is 21.3. The van der Waals surface area contributed by atoms with Crippen molar-refractivity contribution in [1.29, 1.82) is 0 Å². The molecule has 0 aliphatic rings. The molecule has 0 saturated carbocycles. The number of rotatable bonds is 12. The summed E-state index contributed by atoms with van der Waals surface area (Å²) in [5.41, 5.74) is -3.13. The first kappa shape index (κ1) is 31.9. The van der Waals surface area contributed by atoms with Crippen LogP contribution in [0, 0.1) is 0 Å². The van der Waals surface area contributed by atoms with E-state index >= 15 is 0 Å². The van der Waals surface area contributed by atoms with Crippen LogP contribution in [0.25, 0.3) is 0 Å². The lowest BCUT2D eigenvalue weighted by Gasteiger charge is -2.29. The molecule has 0 radical (unpaired) electrons. The number of carbonyl (C=O) groups excluding carboxylic acids is 2. The third-order valence-corrected chi connectivity index (χ3v) is 6.32. The SMILES string of the molecule is C=CCN(CC=C)C(=O)CCCC(Cc1ccc(Cl)cc1)N(C)C(=O)c1cc(C(F)(F)F)cc(C(F)(F)F)c1. The molecule has 0 saturated heterocycles. The highest BCUT2D eigenvalue weighted by molar-refractivity contribution is 6.30. The Morgan fingerprint density at radius 2 is 1.44 bits per heavy atom. The van der Waals surface area contributed by atoms with E-state index in [4.69, 9.17) is 11.6 Å². The molecule has 11 heteroatoms. The molecule has 0 spiro atoms. The van der Waals surface area contributed by atoms with Crippen LogP contribution in [-0.4, -0.2) is 47.8 Å². The predicted octanol–water partition coefficient (Wildman–Crippen LogP) is 7.43. The van der Waals surface area contributed by atoms with Crippen LogP contribution in [0.1, 0.15) is 46.3 Å². The molecule has 0 aliphatic carbocycles. The van der Waals surface area contributed by atoms with Crippen LogP contribution < -0.4 is 0 Å². The van der Waals surface area contributed by atoms with Crippen LogP contribution in [0.2, 0.25) is 5.02 Å². The maximum atomic E-state index is 13.3. The molecular formula is C28H29ClF6N2O2. The van der Waals surface area contributed by atoms with E-state index in [0.29, 0.717) is 36.7 Å². The van der Waals surface area contributed by atoms with Crippen LogP contribution in [0.4, 0.5) is 26.3 Å². The zero-order chi connectivity index (χ0) is 29.4. The third-order valence-electron chi connectivity index (χ3n) is 6.07. The summed E-state index contributed by atoms with van der Waals surface area (Å²) in [6, 6.07) is 6.85. The Morgan fingerprint density at radius 1 is 0.923 bits per heavy atom. The molecule has 39 heavy (non-hydrogen) atoms. The van der Waals surface area contributed by atoms with Gasteiger partial charge in [-0.05, 0) is 55.2 Å². The molecule has 0 heterocycles. The molecular weight excluding hydrogens is 546 g/mol. The van der Waals surface area contributed by atoms with Gasteiger partial charge in [0.1, 0.15) is 0 Å². The Kier molecular flexibility index (Phi) is 11.2. The summed E-state index contributed by atoms with van der Waals surface area (Å²) in [7, 11) is 1.32. The average Bonchev–Trinajstić information content (AvgIpc) is 2.87. The lowest BCUT2D eigenvalue weighted by atomic mass is 9.97. The van der Waals surface area contributed by atoms with Gasteiger partial charge in [0, 0.05) is 43.2 Å². The molecule has 0 fully saturated rings. The van der Waals surface area contributed by atoms with E-state index in [-0.39, 0.29) is 31.2 Å². The van der Waals surface area contributed by atoms with Crippen molar-refractivity contribution in [3.8, 4) is 0 Å². The highest BCUT2D eigenvalue weighted by Gasteiger charge is 2.38. The van der Waals surface area contributed by atoms with Crippen molar-refractivity contribution in [2.75, 3.05) is 20.1 Å². The van der Waals surface area contributed by atoms with Gasteiger partial charge < -0.3 is 9.80 Å². The smallest absolute Gasteiger partial charge is 0.338 e. The number of alkyl halides is 6. The van der Waals surface area contributed by atoms with E-state index in [9.17, 15) is 35.9 Å². The van der Waals surface area contributed by atoms with Crippen molar-refractivity contribution in [3.63, 3.8) is 0 Å². The van der Waals surface area contributed by atoms with Gasteiger partial charge in [0.15, 0.2) is 0 Å². The normalized spacial score (nSPS) is 12.5. The molecule has 4 nitrogen and oxygen atoms in total. The summed E-state index contributed by atoms with van der Waals surface area (Å²) in [5.74, 6) is -1.18. The van der Waals surface area contributed by atoms with E-state index in [0.717, 1.165) is 10.5 Å². The van der Waals surface area contributed by atoms with Gasteiger partial charge >= 0.3 is 12.4 Å². The minimum Gasteiger partial charge on any atom is -0.338 e. The first-order chi connectivity index (χ1) is 18.2. The molecule has 212 valence electrons. The minimum absolute atomic E-state index is 0.0220. The quantitative estimate of drug-likeness (QED) is 0.195. The van der Waals surface area contributed by atoms with Crippen molar-refractivity contribution in [2.45, 2.75) is 44.1 Å². The number of hydrogen-bond acceptors (Lipinski definition) is 2. The van der Waals surface area contributed by atoms with E-state index in [1.54, 1.807) is 36.4 Å². The second-order valence-corrected chi connectivity index (χ2v) is 9.40. The summed E-state index contributed by atoms with van der Waals surface area (Å²) in [6.07, 6.45) is -6.10. The first-order valence-corrected chi connectivity index (χ1v) is 12.4. The molecule has 2 amide bonds. The fraction of sp³-hybridized carbons (Fsp3) is 0.357. The first-order valence-electron chi connectivity index (χ1n) is 12.0. The molecule has 0 bridgehead atoms. The highest BCUT2D eigenvalue weighted by atomic mass is 35.5. The van der Waals surface area contributed by atoms with Crippen LogP contribution in [0.3, 0.4) is 0 Å². The van der Waals surface area contributed by atoms with Gasteiger partial charge in [0.05, 0.1) is 11.1 Å². The molecule has 2 rings (SSSR count). The number of halogens is 7. The monoisotopic (exact) mass is 574 g/mol. The largest absolute Gasteiger partial charge is 0.416 e. The Balaban J connectivity index is 2.34. The van der Waals surface area contributed by atoms with Crippen LogP contribution in [0.15, 0.2) is 67.8 Å². The zero-order valence-corrected chi connectivity index (χ0v) is 22.0. The van der Waals surface area contributed by atoms with Gasteiger partial charge in [0.25, 0.3) is 5.91 Å². The number of amides is 2. The Morgan fingerprint density at radius 3 is 1.90 bits per heavy atom. The van der Waals surface area contributed by atoms with Gasteiger partial charge in [-0.15, -0.1) is 13.2 Å². The second-order valence-electron chi connectivity index (χ2n) is 8.96. The van der Waals surface area contributed by atoms with Crippen molar-refractivity contribution in [2.24, 2.45) is 0 Å². The molecule has 1 unspecified atom stereocenters. The fourth-order valence-electron chi connectivity index (χ4n) is 4.01. The minimum atomic E-state index is -5.08. The van der Waals surface area contributed by atoms with Gasteiger partial charge in [-0.3, -0.25) is 9.59 Å². The number of nitrogens with zero attached hydrogens (tertiary/aromatic N) is 2. The van der Waals surface area contributed by atoms with Gasteiger partial charge in [0.2, 0.25) is 5.91 Å². The van der Waals surface area contributed by atoms with Crippen molar-refractivity contribution >= 4 is 23.4 Å². The third kappa shape index (κ3) is 9.45. The van der Waals surface area contributed by atoms with Gasteiger partial charge in [-0.1, -0.05) is 35.9 Å². The maximum Gasteiger partial charge on any atom is 0.416 e. The summed E-state index contributed by atoms with van der Waals surface area (Å²) < 4.78 is 80.1. The highest BCUT2D eigenvalue weighted by Crippen LogP contribution is 2.36. The topological polar surface area (TPSA) is 40.6 Å². The van der Waals surface area contributed by atoms with E-state index in [1.807, 2.05) is 0 Å². The summed E-state index contributed by atoms with van der Waals surface area (Å²) in [4.78, 5) is 28.5. The summed E-state index contributed by atoms with van der Waals surface area (Å²) in [5, 5.41) is 0.471. The predicted molar refractivity (Wildman–Crippen MR) is 138 cm³/mol. The fourth-order valence-corrected chi connectivity index (χ4v) is 4.14. The number of carbonyl (C=O) groups is 2. The van der Waals surface area contributed by atoms with Crippen LogP contribution in [0.5, 0.6) is 0 Å². The van der Waals surface area contributed by atoms with Crippen molar-refractivity contribution in [1.82, 2.24) is 9.80 Å². The molecule has 2 aromatic carbocycles. The molecule has 0 N–H and O–H groups in total. The molecule has 1 atom stereocenters. The Bertz CT molecular complexity index is 1120. The summed E-state index contributed by atoms with van der Waals surface area (Å²) >= 11 is 5.94. The van der Waals surface area contributed by atoms with Crippen LogP contribution in [-0.2, 0) is 23.6 Å². The van der Waals surface area contributed by atoms with E-state index in [2.05, 4.69) is 13.2 Å². The maximum absolute atomic E-state index is 13.3. The Labute approximate surface area is 228 Å². The Hall–Kier alpha value is -3.27. The second kappa shape index (κ2) is 13.7. The van der Waals surface area contributed by atoms with Crippen molar-refractivity contribution in [3.05, 3.63) is 95.1 Å². The van der Waals surface area contributed by atoms with Crippen LogP contribution >= 0.6 is 11.6 Å². The number of benzene rings is 2. The van der Waals surface area contributed by atoms with E-state index < -0.39 is 41.0 Å². The molecule has 2 aromatic rings. The molecule has 0 aliphatic heterocycles. The van der Waals surface area contributed by atoms with Crippen molar-refractivity contribution < 1.29 is 35.9 Å². The number of likely N-dealkylation sites (N-methyl/N-ethyl adjacent to an activating group) is 1. The lowest BCUT2D eigenvalue weighted by Crippen LogP contribution is -2.39. The van der Waals surface area contributed by atoms with E-state index in [1.165, 1.54) is 11.9 Å². The average molecular weight is 575 g/mol. The van der Waals surface area contributed by atoms with Gasteiger partial charge in [-0.25, -0.2) is 0 Å². The van der Waals surface area contributed by atoms with Gasteiger partial charge in [-0.2, -0.15) is 26.3 Å². The lowest BCUT2D eigenvalue weighted by molar-refractivity contribution is -0.143. The standard InChI is InChI=1S/C28H29ClF6N2O2/c1-4-13-37(14-5-2)25(38)8-6-7-24(15-19-9-11-23(29)12-10-19)36(3)26(39)20-16-21(27(30,31)32)18-22(17-20)28(33,34)35/h4-5,9-12,16-18,24H,1-2,6-8,13-15H2,3H3.